The van der Waals surface area contributed by atoms with Crippen LogP contribution in [0.1, 0.15) is 31.0 Å². The summed E-state index contributed by atoms with van der Waals surface area (Å²) in [6.45, 7) is 5.23. The van der Waals surface area contributed by atoms with E-state index in [0.717, 1.165) is 11.3 Å². The highest BCUT2D eigenvalue weighted by Crippen LogP contribution is 2.14. The highest BCUT2D eigenvalue weighted by molar-refractivity contribution is 5.82. The van der Waals surface area contributed by atoms with Crippen molar-refractivity contribution in [2.75, 3.05) is 6.61 Å². The summed E-state index contributed by atoms with van der Waals surface area (Å²) in [5.41, 5.74) is 7.42. The van der Waals surface area contributed by atoms with Crippen molar-refractivity contribution in [1.82, 2.24) is 5.32 Å². The van der Waals surface area contributed by atoms with E-state index in [0.29, 0.717) is 24.6 Å². The smallest absolute Gasteiger partial charge is 0.241 e. The van der Waals surface area contributed by atoms with Crippen LogP contribution in [0.4, 0.5) is 4.39 Å². The largest absolute Gasteiger partial charge is 0.493 e. The number of hydrogen-bond acceptors (Lipinski definition) is 3. The van der Waals surface area contributed by atoms with Crippen LogP contribution in [0.2, 0.25) is 0 Å². The van der Waals surface area contributed by atoms with Gasteiger partial charge < -0.3 is 15.8 Å². The molecule has 0 aliphatic heterocycles. The first kappa shape index (κ1) is 17.9. The molecule has 24 heavy (non-hydrogen) atoms. The maximum absolute atomic E-state index is 12.9. The van der Waals surface area contributed by atoms with Crippen LogP contribution in [-0.2, 0) is 11.3 Å². The Morgan fingerprint density at radius 2 is 1.75 bits per heavy atom. The molecule has 0 saturated heterocycles. The van der Waals surface area contributed by atoms with Gasteiger partial charge in [-0.2, -0.15) is 0 Å². The summed E-state index contributed by atoms with van der Waals surface area (Å²) in [5.74, 6) is 0.617. The fourth-order valence-corrected chi connectivity index (χ4v) is 2.09. The molecule has 2 aromatic rings. The molecule has 4 nitrogen and oxygen atoms in total. The van der Waals surface area contributed by atoms with Gasteiger partial charge in [-0.3, -0.25) is 4.79 Å². The van der Waals surface area contributed by atoms with Crippen molar-refractivity contribution in [3.63, 3.8) is 0 Å². The topological polar surface area (TPSA) is 64.3 Å². The Hall–Kier alpha value is -2.40. The van der Waals surface area contributed by atoms with Gasteiger partial charge in [-0.1, -0.05) is 38.1 Å². The fourth-order valence-electron chi connectivity index (χ4n) is 2.09. The molecule has 5 heteroatoms. The molecule has 2 rings (SSSR count). The zero-order chi connectivity index (χ0) is 17.5. The second-order valence-corrected chi connectivity index (χ2v) is 6.10. The van der Waals surface area contributed by atoms with Crippen molar-refractivity contribution in [3.05, 3.63) is 65.5 Å². The Balaban J connectivity index is 1.85. The fraction of sp³-hybridized carbons (Fsp3) is 0.316. The van der Waals surface area contributed by atoms with Crippen molar-refractivity contribution in [2.45, 2.75) is 26.4 Å². The molecule has 128 valence electrons. The number of rotatable bonds is 7. The summed E-state index contributed by atoms with van der Waals surface area (Å²) >= 11 is 0. The predicted octanol–water partition coefficient (Wildman–Crippen LogP) is 3.18. The van der Waals surface area contributed by atoms with Gasteiger partial charge in [0.25, 0.3) is 0 Å². The molecule has 1 unspecified atom stereocenters. The monoisotopic (exact) mass is 330 g/mol. The van der Waals surface area contributed by atoms with Gasteiger partial charge in [0, 0.05) is 6.54 Å². The Morgan fingerprint density at radius 1 is 1.12 bits per heavy atom. The van der Waals surface area contributed by atoms with Crippen molar-refractivity contribution in [3.8, 4) is 5.75 Å². The summed E-state index contributed by atoms with van der Waals surface area (Å²) in [6.07, 6.45) is 0. The maximum atomic E-state index is 12.9. The first-order valence-electron chi connectivity index (χ1n) is 7.96. The first-order chi connectivity index (χ1) is 11.5. The van der Waals surface area contributed by atoms with Crippen LogP contribution < -0.4 is 15.8 Å². The van der Waals surface area contributed by atoms with Crippen LogP contribution in [0, 0.1) is 11.7 Å². The summed E-state index contributed by atoms with van der Waals surface area (Å²) in [4.78, 5) is 12.1. The standard InChI is InChI=1S/C19H23FN2O2/c1-13(2)12-24-17-9-3-14(4-10-17)11-22-19(23)18(21)15-5-7-16(20)8-6-15/h3-10,13,18H,11-12,21H2,1-2H3,(H,22,23). The van der Waals surface area contributed by atoms with Gasteiger partial charge in [0.15, 0.2) is 0 Å². The van der Waals surface area contributed by atoms with E-state index < -0.39 is 6.04 Å². The molecule has 1 atom stereocenters. The summed E-state index contributed by atoms with van der Waals surface area (Å²) in [5, 5.41) is 2.78. The lowest BCUT2D eigenvalue weighted by molar-refractivity contribution is -0.122. The molecule has 1 amide bonds. The summed E-state index contributed by atoms with van der Waals surface area (Å²) in [7, 11) is 0. The van der Waals surface area contributed by atoms with E-state index in [2.05, 4.69) is 19.2 Å². The molecule has 2 aromatic carbocycles. The van der Waals surface area contributed by atoms with E-state index >= 15 is 0 Å². The SMILES string of the molecule is CC(C)COc1ccc(CNC(=O)C(N)c2ccc(F)cc2)cc1. The lowest BCUT2D eigenvalue weighted by Crippen LogP contribution is -2.33. The van der Waals surface area contributed by atoms with Crippen LogP contribution in [0.5, 0.6) is 5.75 Å². The molecular formula is C19H23FN2O2. The summed E-state index contributed by atoms with van der Waals surface area (Å²) in [6, 6.07) is 12.4. The highest BCUT2D eigenvalue weighted by atomic mass is 19.1. The van der Waals surface area contributed by atoms with Crippen LogP contribution in [0.3, 0.4) is 0 Å². The lowest BCUT2D eigenvalue weighted by atomic mass is 10.1. The molecule has 0 aromatic heterocycles. The molecule has 0 bridgehead atoms. The average molecular weight is 330 g/mol. The number of amides is 1. The van der Waals surface area contributed by atoms with Crippen molar-refractivity contribution < 1.29 is 13.9 Å². The Morgan fingerprint density at radius 3 is 2.33 bits per heavy atom. The Bertz CT molecular complexity index is 654. The molecule has 0 fully saturated rings. The molecule has 3 N–H and O–H groups in total. The minimum Gasteiger partial charge on any atom is -0.493 e. The number of nitrogens with one attached hydrogen (secondary N) is 1. The van der Waals surface area contributed by atoms with Crippen LogP contribution >= 0.6 is 0 Å². The van der Waals surface area contributed by atoms with E-state index in [9.17, 15) is 9.18 Å². The Labute approximate surface area is 141 Å². The number of hydrogen-bond donors (Lipinski definition) is 2. The predicted molar refractivity (Wildman–Crippen MR) is 92.0 cm³/mol. The first-order valence-corrected chi connectivity index (χ1v) is 7.96. The quantitative estimate of drug-likeness (QED) is 0.819. The van der Waals surface area contributed by atoms with Crippen LogP contribution in [0.15, 0.2) is 48.5 Å². The number of ether oxygens (including phenoxy) is 1. The van der Waals surface area contributed by atoms with Crippen molar-refractivity contribution >= 4 is 5.91 Å². The van der Waals surface area contributed by atoms with Crippen molar-refractivity contribution in [2.24, 2.45) is 11.7 Å². The van der Waals surface area contributed by atoms with Gasteiger partial charge in [0.2, 0.25) is 5.91 Å². The minimum absolute atomic E-state index is 0.304. The van der Waals surface area contributed by atoms with Gasteiger partial charge in [0.05, 0.1) is 6.61 Å². The van der Waals surface area contributed by atoms with E-state index in [1.165, 1.54) is 24.3 Å². The van der Waals surface area contributed by atoms with Gasteiger partial charge in [-0.05, 0) is 41.3 Å². The zero-order valence-corrected chi connectivity index (χ0v) is 14.0. The molecule has 0 spiro atoms. The van der Waals surface area contributed by atoms with Gasteiger partial charge >= 0.3 is 0 Å². The van der Waals surface area contributed by atoms with Crippen LogP contribution in [0.25, 0.3) is 0 Å². The van der Waals surface area contributed by atoms with E-state index in [1.54, 1.807) is 0 Å². The molecule has 0 aliphatic carbocycles. The summed E-state index contributed by atoms with van der Waals surface area (Å²) < 4.78 is 18.5. The lowest BCUT2D eigenvalue weighted by Gasteiger charge is -2.13. The number of halogens is 1. The molecule has 0 heterocycles. The normalized spacial score (nSPS) is 12.0. The third kappa shape index (κ3) is 5.35. The van der Waals surface area contributed by atoms with E-state index in [1.807, 2.05) is 24.3 Å². The molecule has 0 saturated carbocycles. The Kier molecular flexibility index (Phi) is 6.32. The van der Waals surface area contributed by atoms with Gasteiger partial charge in [-0.15, -0.1) is 0 Å². The number of carbonyl (C=O) groups is 1. The van der Waals surface area contributed by atoms with Gasteiger partial charge in [0.1, 0.15) is 17.6 Å². The maximum Gasteiger partial charge on any atom is 0.241 e. The molecular weight excluding hydrogens is 307 g/mol. The highest BCUT2D eigenvalue weighted by Gasteiger charge is 2.15. The van der Waals surface area contributed by atoms with Gasteiger partial charge in [-0.25, -0.2) is 4.39 Å². The van der Waals surface area contributed by atoms with E-state index in [-0.39, 0.29) is 11.7 Å². The molecule has 0 aliphatic rings. The van der Waals surface area contributed by atoms with Crippen molar-refractivity contribution in [1.29, 1.82) is 0 Å². The number of carbonyl (C=O) groups excluding carboxylic acids is 1. The second-order valence-electron chi connectivity index (χ2n) is 6.10. The number of benzene rings is 2. The van der Waals surface area contributed by atoms with Crippen LogP contribution in [-0.4, -0.2) is 12.5 Å². The molecule has 0 radical (unpaired) electrons. The minimum atomic E-state index is -0.820. The number of nitrogens with two attached hydrogens (primary N) is 1. The second kappa shape index (κ2) is 8.45. The zero-order valence-electron chi connectivity index (χ0n) is 14.0. The third-order valence-corrected chi connectivity index (χ3v) is 3.49. The van der Waals surface area contributed by atoms with E-state index in [4.69, 9.17) is 10.5 Å². The average Bonchev–Trinajstić information content (AvgIpc) is 2.58. The third-order valence-electron chi connectivity index (χ3n) is 3.49.